The number of nitrogens with zero attached hydrogens (tertiary/aromatic N) is 1. The van der Waals surface area contributed by atoms with Crippen LogP contribution in [0.3, 0.4) is 0 Å². The largest absolute Gasteiger partial charge is 0.383 e. The molecule has 1 saturated heterocycles. The topological polar surface area (TPSA) is 49.8 Å². The Bertz CT molecular complexity index is 516. The first-order valence-electron chi connectivity index (χ1n) is 7.35. The van der Waals surface area contributed by atoms with E-state index in [-0.39, 0.29) is 24.1 Å². The van der Waals surface area contributed by atoms with Gasteiger partial charge in [0.05, 0.1) is 12.6 Å². The number of aliphatic hydroxyl groups is 1. The molecule has 0 radical (unpaired) electrons. The molecule has 4 atom stereocenters. The van der Waals surface area contributed by atoms with Gasteiger partial charge in [-0.3, -0.25) is 4.79 Å². The molecule has 4 heteroatoms. The molecule has 2 heterocycles. The van der Waals surface area contributed by atoms with Gasteiger partial charge in [0, 0.05) is 5.92 Å². The zero-order valence-corrected chi connectivity index (χ0v) is 12.0. The Morgan fingerprint density at radius 2 is 2.05 bits per heavy atom. The highest BCUT2D eigenvalue weighted by Gasteiger charge is 2.45. The highest BCUT2D eigenvalue weighted by molar-refractivity contribution is 5.83. The molecule has 1 N–H and O–H groups in total. The summed E-state index contributed by atoms with van der Waals surface area (Å²) in [5, 5.41) is 10.4. The number of ether oxygens (including phenoxy) is 1. The molecule has 1 amide bonds. The van der Waals surface area contributed by atoms with Crippen LogP contribution in [-0.4, -0.2) is 34.9 Å². The van der Waals surface area contributed by atoms with Crippen LogP contribution in [-0.2, 0) is 9.53 Å². The first-order valence-corrected chi connectivity index (χ1v) is 7.35. The van der Waals surface area contributed by atoms with Crippen LogP contribution in [0.2, 0.25) is 0 Å². The fraction of sp³-hybridized carbons (Fsp3) is 0.562. The van der Waals surface area contributed by atoms with Crippen LogP contribution in [0.4, 0.5) is 0 Å². The first kappa shape index (κ1) is 13.6. The lowest BCUT2D eigenvalue weighted by Gasteiger charge is -2.28. The quantitative estimate of drug-likeness (QED) is 0.900. The lowest BCUT2D eigenvalue weighted by molar-refractivity contribution is -0.147. The molecule has 0 aromatic heterocycles. The molecule has 1 aromatic rings. The van der Waals surface area contributed by atoms with Crippen LogP contribution < -0.4 is 0 Å². The molecule has 1 aromatic carbocycles. The molecule has 1 fully saturated rings. The third-order valence-electron chi connectivity index (χ3n) is 4.45. The van der Waals surface area contributed by atoms with Crippen molar-refractivity contribution in [3.63, 3.8) is 0 Å². The first-order chi connectivity index (χ1) is 9.65. The summed E-state index contributed by atoms with van der Waals surface area (Å²) < 4.78 is 5.80. The lowest BCUT2D eigenvalue weighted by atomic mass is 9.90. The SMILES string of the molecule is CCC[C@H]1OC[C@H]2c3ccccc3[C@H](C)[C@@H](O)C(=O)N12. The van der Waals surface area contributed by atoms with E-state index in [1.54, 1.807) is 4.90 Å². The van der Waals surface area contributed by atoms with Crippen molar-refractivity contribution in [2.24, 2.45) is 0 Å². The van der Waals surface area contributed by atoms with Crippen LogP contribution in [0.5, 0.6) is 0 Å². The predicted molar refractivity (Wildman–Crippen MR) is 75.1 cm³/mol. The maximum absolute atomic E-state index is 12.6. The number of hydrogen-bond donors (Lipinski definition) is 1. The Kier molecular flexibility index (Phi) is 3.52. The van der Waals surface area contributed by atoms with Gasteiger partial charge in [-0.05, 0) is 17.5 Å². The summed E-state index contributed by atoms with van der Waals surface area (Å²) in [7, 11) is 0. The van der Waals surface area contributed by atoms with Gasteiger partial charge in [-0.2, -0.15) is 0 Å². The van der Waals surface area contributed by atoms with Gasteiger partial charge in [0.1, 0.15) is 12.3 Å². The Morgan fingerprint density at radius 3 is 2.75 bits per heavy atom. The van der Waals surface area contributed by atoms with E-state index in [9.17, 15) is 9.90 Å². The van der Waals surface area contributed by atoms with Crippen molar-refractivity contribution in [2.75, 3.05) is 6.61 Å². The fourth-order valence-corrected chi connectivity index (χ4v) is 3.33. The van der Waals surface area contributed by atoms with Crippen molar-refractivity contribution in [1.82, 2.24) is 4.90 Å². The van der Waals surface area contributed by atoms with Gasteiger partial charge in [-0.25, -0.2) is 0 Å². The van der Waals surface area contributed by atoms with E-state index in [0.29, 0.717) is 6.61 Å². The highest BCUT2D eigenvalue weighted by atomic mass is 16.5. The average Bonchev–Trinajstić information content (AvgIpc) is 2.86. The van der Waals surface area contributed by atoms with Crippen LogP contribution >= 0.6 is 0 Å². The number of carbonyl (C=O) groups excluding carboxylic acids is 1. The molecule has 4 nitrogen and oxygen atoms in total. The van der Waals surface area contributed by atoms with Crippen LogP contribution in [0, 0.1) is 0 Å². The van der Waals surface area contributed by atoms with Crippen LogP contribution in [0.25, 0.3) is 0 Å². The zero-order chi connectivity index (χ0) is 14.3. The number of fused-ring (bicyclic) bond motifs is 3. The monoisotopic (exact) mass is 275 g/mol. The maximum atomic E-state index is 12.6. The molecule has 3 rings (SSSR count). The minimum Gasteiger partial charge on any atom is -0.383 e. The second-order valence-corrected chi connectivity index (χ2v) is 5.70. The standard InChI is InChI=1S/C16H21NO3/c1-3-6-14-17-13(9-20-14)12-8-5-4-7-11(12)10(2)15(18)16(17)19/h4-5,7-8,10,13-15,18H,3,6,9H2,1-2H3/t10-,13-,14+,15+/m0/s1. The average molecular weight is 275 g/mol. The third kappa shape index (κ3) is 1.95. The van der Waals surface area contributed by atoms with E-state index in [1.165, 1.54) is 0 Å². The number of hydrogen-bond acceptors (Lipinski definition) is 3. The van der Waals surface area contributed by atoms with Crippen molar-refractivity contribution in [3.05, 3.63) is 35.4 Å². The van der Waals surface area contributed by atoms with E-state index in [1.807, 2.05) is 31.2 Å². The highest BCUT2D eigenvalue weighted by Crippen LogP contribution is 2.40. The Labute approximate surface area is 119 Å². The van der Waals surface area contributed by atoms with Crippen LogP contribution in [0.15, 0.2) is 24.3 Å². The van der Waals surface area contributed by atoms with Gasteiger partial charge in [-0.1, -0.05) is 44.5 Å². The molecule has 2 aliphatic heterocycles. The number of aliphatic hydroxyl groups excluding tert-OH is 1. The van der Waals surface area contributed by atoms with Crippen molar-refractivity contribution in [2.45, 2.75) is 51.0 Å². The molecule has 0 aliphatic carbocycles. The molecule has 0 spiro atoms. The second kappa shape index (κ2) is 5.19. The smallest absolute Gasteiger partial charge is 0.254 e. The maximum Gasteiger partial charge on any atom is 0.254 e. The number of benzene rings is 1. The van der Waals surface area contributed by atoms with E-state index in [4.69, 9.17) is 4.74 Å². The molecule has 0 unspecified atom stereocenters. The minimum atomic E-state index is -0.984. The summed E-state index contributed by atoms with van der Waals surface area (Å²) in [6.07, 6.45) is 0.577. The second-order valence-electron chi connectivity index (χ2n) is 5.70. The molecular weight excluding hydrogens is 254 g/mol. The van der Waals surface area contributed by atoms with Gasteiger partial charge < -0.3 is 14.7 Å². The van der Waals surface area contributed by atoms with Gasteiger partial charge in [0.25, 0.3) is 5.91 Å². The Hall–Kier alpha value is -1.39. The molecule has 20 heavy (non-hydrogen) atoms. The van der Waals surface area contributed by atoms with Gasteiger partial charge in [-0.15, -0.1) is 0 Å². The van der Waals surface area contributed by atoms with E-state index in [0.717, 1.165) is 24.0 Å². The summed E-state index contributed by atoms with van der Waals surface area (Å²) in [6.45, 7) is 4.51. The summed E-state index contributed by atoms with van der Waals surface area (Å²) in [5.74, 6) is -0.374. The zero-order valence-electron chi connectivity index (χ0n) is 12.0. The summed E-state index contributed by atoms with van der Waals surface area (Å²) >= 11 is 0. The summed E-state index contributed by atoms with van der Waals surface area (Å²) in [4.78, 5) is 14.3. The summed E-state index contributed by atoms with van der Waals surface area (Å²) in [5.41, 5.74) is 2.17. The fourth-order valence-electron chi connectivity index (χ4n) is 3.33. The normalized spacial score (nSPS) is 32.8. The third-order valence-corrected chi connectivity index (χ3v) is 4.45. The Balaban J connectivity index is 2.07. The number of amides is 1. The van der Waals surface area contributed by atoms with Crippen molar-refractivity contribution < 1.29 is 14.6 Å². The van der Waals surface area contributed by atoms with E-state index >= 15 is 0 Å². The number of carbonyl (C=O) groups is 1. The number of rotatable bonds is 2. The predicted octanol–water partition coefficient (Wildman–Crippen LogP) is 2.19. The molecule has 0 bridgehead atoms. The molecular formula is C16H21NO3. The van der Waals surface area contributed by atoms with E-state index < -0.39 is 6.10 Å². The van der Waals surface area contributed by atoms with Gasteiger partial charge >= 0.3 is 0 Å². The molecule has 108 valence electrons. The van der Waals surface area contributed by atoms with E-state index in [2.05, 4.69) is 6.92 Å². The lowest BCUT2D eigenvalue weighted by Crippen LogP contribution is -2.43. The van der Waals surface area contributed by atoms with Crippen molar-refractivity contribution in [1.29, 1.82) is 0 Å². The summed E-state index contributed by atoms with van der Waals surface area (Å²) in [6, 6.07) is 7.94. The van der Waals surface area contributed by atoms with Crippen molar-refractivity contribution in [3.8, 4) is 0 Å². The van der Waals surface area contributed by atoms with Gasteiger partial charge in [0.15, 0.2) is 0 Å². The Morgan fingerprint density at radius 1 is 1.35 bits per heavy atom. The molecule has 2 aliphatic rings. The molecule has 0 saturated carbocycles. The van der Waals surface area contributed by atoms with Gasteiger partial charge in [0.2, 0.25) is 0 Å². The minimum absolute atomic E-state index is 0.0603. The van der Waals surface area contributed by atoms with Crippen LogP contribution in [0.1, 0.15) is 49.8 Å². The van der Waals surface area contributed by atoms with Crippen molar-refractivity contribution >= 4 is 5.91 Å².